The van der Waals surface area contributed by atoms with Crippen LogP contribution >= 0.6 is 0 Å². The van der Waals surface area contributed by atoms with Crippen molar-refractivity contribution in [3.63, 3.8) is 0 Å². The van der Waals surface area contributed by atoms with Gasteiger partial charge in [0, 0.05) is 44.5 Å². The molecule has 0 spiro atoms. The highest BCUT2D eigenvalue weighted by atomic mass is 16.4. The Morgan fingerprint density at radius 1 is 1.36 bits per heavy atom. The van der Waals surface area contributed by atoms with E-state index in [9.17, 15) is 14.7 Å². The summed E-state index contributed by atoms with van der Waals surface area (Å²) in [4.78, 5) is 30.4. The van der Waals surface area contributed by atoms with Crippen LogP contribution in [0.4, 0.5) is 5.82 Å². The van der Waals surface area contributed by atoms with Crippen molar-refractivity contribution in [2.24, 2.45) is 5.92 Å². The molecule has 0 saturated carbocycles. The Morgan fingerprint density at radius 2 is 2.14 bits per heavy atom. The number of aliphatic hydroxyl groups excluding tert-OH is 1. The minimum atomic E-state index is -0.957. The Morgan fingerprint density at radius 3 is 2.77 bits per heavy atom. The number of aliphatic hydroxyl groups is 1. The van der Waals surface area contributed by atoms with E-state index in [-0.39, 0.29) is 6.54 Å². The monoisotopic (exact) mass is 308 g/mol. The molecule has 2 rings (SSSR count). The first-order valence-corrected chi connectivity index (χ1v) is 7.04. The number of nitrogens with two attached hydrogens (primary N) is 1. The molecule has 4 N–H and O–H groups in total. The zero-order valence-electron chi connectivity index (χ0n) is 12.2. The van der Waals surface area contributed by atoms with Gasteiger partial charge in [-0.1, -0.05) is 6.07 Å². The van der Waals surface area contributed by atoms with Gasteiger partial charge in [0.2, 0.25) is 5.91 Å². The van der Waals surface area contributed by atoms with Gasteiger partial charge in [0.1, 0.15) is 12.4 Å². The number of carboxylic acids is 1. The fraction of sp³-hybridized carbons (Fsp3) is 0.500. The number of nitrogens with zero attached hydrogens (tertiary/aromatic N) is 3. The Hall–Kier alpha value is -2.19. The Labute approximate surface area is 128 Å². The van der Waals surface area contributed by atoms with Gasteiger partial charge in [0.25, 0.3) is 0 Å². The molecule has 0 bridgehead atoms. The largest absolute Gasteiger partial charge is 0.481 e. The molecule has 0 aromatic carbocycles. The number of carbonyl (C=O) groups excluding carboxylic acids is 1. The highest BCUT2D eigenvalue weighted by Gasteiger charge is 2.29. The number of nitrogen functional groups attached to an aromatic ring is 1. The summed E-state index contributed by atoms with van der Waals surface area (Å²) in [6, 6.07) is 3.62. The van der Waals surface area contributed by atoms with Gasteiger partial charge in [0.15, 0.2) is 0 Å². The molecule has 1 aromatic rings. The smallest absolute Gasteiger partial charge is 0.309 e. The Kier molecular flexibility index (Phi) is 5.29. The average Bonchev–Trinajstić information content (AvgIpc) is 2.72. The maximum atomic E-state index is 11.6. The van der Waals surface area contributed by atoms with Crippen molar-refractivity contribution < 1.29 is 19.8 Å². The van der Waals surface area contributed by atoms with Crippen LogP contribution in [0.1, 0.15) is 5.56 Å². The second-order valence-electron chi connectivity index (χ2n) is 5.32. The molecule has 8 heteroatoms. The van der Waals surface area contributed by atoms with Crippen LogP contribution in [0.3, 0.4) is 0 Å². The molecular weight excluding hydrogens is 288 g/mol. The summed E-state index contributed by atoms with van der Waals surface area (Å²) < 4.78 is 0. The lowest BCUT2D eigenvalue weighted by Gasteiger charge is -2.22. The lowest BCUT2D eigenvalue weighted by atomic mass is 10.1. The van der Waals surface area contributed by atoms with Gasteiger partial charge in [-0.3, -0.25) is 14.5 Å². The molecule has 1 amide bonds. The molecule has 1 fully saturated rings. The first-order valence-electron chi connectivity index (χ1n) is 7.04. The van der Waals surface area contributed by atoms with Crippen LogP contribution in [0.2, 0.25) is 0 Å². The van der Waals surface area contributed by atoms with Gasteiger partial charge in [-0.2, -0.15) is 0 Å². The van der Waals surface area contributed by atoms with E-state index < -0.39 is 24.4 Å². The number of carboxylic acid groups (broad SMARTS) is 1. The van der Waals surface area contributed by atoms with E-state index in [0.29, 0.717) is 32.0 Å². The fourth-order valence-electron chi connectivity index (χ4n) is 2.53. The van der Waals surface area contributed by atoms with Crippen molar-refractivity contribution in [3.8, 4) is 0 Å². The summed E-state index contributed by atoms with van der Waals surface area (Å²) in [6.07, 6.45) is 1.60. The molecule has 1 saturated heterocycles. The van der Waals surface area contributed by atoms with Gasteiger partial charge in [-0.25, -0.2) is 4.98 Å². The maximum absolute atomic E-state index is 11.6. The molecule has 2 heterocycles. The van der Waals surface area contributed by atoms with Crippen molar-refractivity contribution in [2.45, 2.75) is 6.54 Å². The van der Waals surface area contributed by atoms with Gasteiger partial charge in [-0.05, 0) is 6.07 Å². The maximum Gasteiger partial charge on any atom is 0.309 e. The minimum Gasteiger partial charge on any atom is -0.481 e. The standard InChI is InChI=1S/C14H20N4O4/c15-13-10(2-1-3-16-13)6-17-4-5-18(12(20)9-19)8-11(7-17)14(21)22/h1-3,11,19H,4-9H2,(H2,15,16)(H,21,22). The molecule has 0 radical (unpaired) electrons. The van der Waals surface area contributed by atoms with Crippen LogP contribution in [0.15, 0.2) is 18.3 Å². The number of aromatic nitrogens is 1. The van der Waals surface area contributed by atoms with Crippen molar-refractivity contribution in [1.29, 1.82) is 0 Å². The van der Waals surface area contributed by atoms with Gasteiger partial charge in [0.05, 0.1) is 5.92 Å². The van der Waals surface area contributed by atoms with Gasteiger partial charge < -0.3 is 20.8 Å². The van der Waals surface area contributed by atoms with Crippen molar-refractivity contribution >= 4 is 17.7 Å². The number of hydrogen-bond acceptors (Lipinski definition) is 6. The van der Waals surface area contributed by atoms with Crippen LogP contribution in [0.5, 0.6) is 0 Å². The lowest BCUT2D eigenvalue weighted by molar-refractivity contribution is -0.144. The second-order valence-corrected chi connectivity index (χ2v) is 5.32. The molecule has 0 aliphatic carbocycles. The molecule has 8 nitrogen and oxygen atoms in total. The topological polar surface area (TPSA) is 120 Å². The predicted molar refractivity (Wildman–Crippen MR) is 78.7 cm³/mol. The van der Waals surface area contributed by atoms with Crippen LogP contribution in [0, 0.1) is 5.92 Å². The minimum absolute atomic E-state index is 0.105. The third-order valence-electron chi connectivity index (χ3n) is 3.76. The molecule has 1 aromatic heterocycles. The van der Waals surface area contributed by atoms with Crippen molar-refractivity contribution in [3.05, 3.63) is 23.9 Å². The summed E-state index contributed by atoms with van der Waals surface area (Å²) in [6.45, 7) is 1.19. The van der Waals surface area contributed by atoms with Crippen molar-refractivity contribution in [2.75, 3.05) is 38.5 Å². The van der Waals surface area contributed by atoms with Gasteiger partial charge in [-0.15, -0.1) is 0 Å². The second kappa shape index (κ2) is 7.19. The quantitative estimate of drug-likeness (QED) is 0.652. The average molecular weight is 308 g/mol. The predicted octanol–water partition coefficient (Wildman–Crippen LogP) is -0.999. The first kappa shape index (κ1) is 16.2. The Bertz CT molecular complexity index is 551. The summed E-state index contributed by atoms with van der Waals surface area (Å²) >= 11 is 0. The Balaban J connectivity index is 2.11. The van der Waals surface area contributed by atoms with E-state index in [1.807, 2.05) is 11.0 Å². The summed E-state index contributed by atoms with van der Waals surface area (Å²) in [5.41, 5.74) is 6.64. The van der Waals surface area contributed by atoms with Crippen LogP contribution in [-0.2, 0) is 16.1 Å². The highest BCUT2D eigenvalue weighted by molar-refractivity contribution is 5.78. The molecule has 22 heavy (non-hydrogen) atoms. The zero-order chi connectivity index (χ0) is 16.1. The number of anilines is 1. The molecule has 120 valence electrons. The van der Waals surface area contributed by atoms with E-state index in [1.165, 1.54) is 4.90 Å². The number of amides is 1. The van der Waals surface area contributed by atoms with E-state index >= 15 is 0 Å². The third-order valence-corrected chi connectivity index (χ3v) is 3.76. The van der Waals surface area contributed by atoms with E-state index in [4.69, 9.17) is 10.8 Å². The van der Waals surface area contributed by atoms with E-state index in [2.05, 4.69) is 4.98 Å². The number of hydrogen-bond donors (Lipinski definition) is 3. The zero-order valence-corrected chi connectivity index (χ0v) is 12.2. The number of rotatable bonds is 4. The number of aliphatic carboxylic acids is 1. The van der Waals surface area contributed by atoms with Crippen LogP contribution < -0.4 is 5.73 Å². The normalized spacial score (nSPS) is 19.7. The summed E-state index contributed by atoms with van der Waals surface area (Å²) in [5, 5.41) is 18.3. The van der Waals surface area contributed by atoms with E-state index in [1.54, 1.807) is 12.3 Å². The van der Waals surface area contributed by atoms with Crippen LogP contribution in [-0.4, -0.2) is 69.7 Å². The highest BCUT2D eigenvalue weighted by Crippen LogP contribution is 2.16. The summed E-state index contributed by atoms with van der Waals surface area (Å²) in [5.74, 6) is -1.69. The van der Waals surface area contributed by atoms with E-state index in [0.717, 1.165) is 5.56 Å². The fourth-order valence-corrected chi connectivity index (χ4v) is 2.53. The molecule has 1 atom stereocenters. The third kappa shape index (κ3) is 3.92. The SMILES string of the molecule is Nc1ncccc1CN1CCN(C(=O)CO)CC(C(=O)O)C1. The van der Waals surface area contributed by atoms with Crippen molar-refractivity contribution in [1.82, 2.24) is 14.8 Å². The first-order chi connectivity index (χ1) is 10.5. The molecule has 1 aliphatic heterocycles. The number of pyridine rings is 1. The van der Waals surface area contributed by atoms with Crippen LogP contribution in [0.25, 0.3) is 0 Å². The molecular formula is C14H20N4O4. The molecule has 1 unspecified atom stereocenters. The van der Waals surface area contributed by atoms with Gasteiger partial charge >= 0.3 is 5.97 Å². The number of carbonyl (C=O) groups is 2. The lowest BCUT2D eigenvalue weighted by Crippen LogP contribution is -2.39. The molecule has 1 aliphatic rings. The summed E-state index contributed by atoms with van der Waals surface area (Å²) in [7, 11) is 0.